The van der Waals surface area contributed by atoms with Gasteiger partial charge in [-0.05, 0) is 118 Å². The van der Waals surface area contributed by atoms with E-state index in [1.54, 1.807) is 0 Å². The molecule has 0 aliphatic heterocycles. The Hall–Kier alpha value is -2.94. The van der Waals surface area contributed by atoms with Crippen molar-refractivity contribution in [3.05, 3.63) is 89.5 Å². The lowest BCUT2D eigenvalue weighted by Gasteiger charge is -2.34. The van der Waals surface area contributed by atoms with Crippen LogP contribution in [0.3, 0.4) is 0 Å². The maximum absolute atomic E-state index is 2.45. The Morgan fingerprint density at radius 1 is 0.391 bits per heavy atom. The van der Waals surface area contributed by atoms with Crippen LogP contribution in [0.5, 0.6) is 0 Å². The van der Waals surface area contributed by atoms with Crippen molar-refractivity contribution >= 4 is 17.1 Å². The minimum atomic E-state index is 0.170. The van der Waals surface area contributed by atoms with Gasteiger partial charge >= 0.3 is 0 Å². The summed E-state index contributed by atoms with van der Waals surface area (Å²) in [4.78, 5) is 6.87. The molecule has 0 bridgehead atoms. The van der Waals surface area contributed by atoms with Crippen molar-refractivity contribution < 1.29 is 0 Å². The van der Waals surface area contributed by atoms with E-state index in [1.807, 2.05) is 0 Å². The van der Waals surface area contributed by atoms with Gasteiger partial charge in [0, 0.05) is 55.8 Å². The summed E-state index contributed by atoms with van der Waals surface area (Å²) in [6.45, 7) is 35.9. The smallest absolute Gasteiger partial charge is 0.0371 e. The SMILES string of the molecule is CC(C)N(c1ccc(C(C)(C)C)cc1)C(C)C.CN(C)c1ccc(C(C)(C)C)cc1.CN(c1ccc(C(C)(C)C)cc1)C(C)(C)C. The van der Waals surface area contributed by atoms with Gasteiger partial charge in [-0.1, -0.05) is 98.7 Å². The number of hydrogen-bond acceptors (Lipinski definition) is 3. The number of benzene rings is 3. The molecular formula is C43H71N3. The average Bonchev–Trinajstić information content (AvgIpc) is 2.91. The van der Waals surface area contributed by atoms with Gasteiger partial charge in [-0.2, -0.15) is 0 Å². The maximum atomic E-state index is 2.45. The quantitative estimate of drug-likeness (QED) is 0.278. The van der Waals surface area contributed by atoms with Gasteiger partial charge in [0.1, 0.15) is 0 Å². The molecule has 0 unspecified atom stereocenters. The van der Waals surface area contributed by atoms with E-state index >= 15 is 0 Å². The first-order chi connectivity index (χ1) is 20.8. The molecule has 3 aromatic carbocycles. The number of nitrogens with zero attached hydrogens (tertiary/aromatic N) is 3. The average molecular weight is 630 g/mol. The van der Waals surface area contributed by atoms with Crippen molar-refractivity contribution in [1.29, 1.82) is 0 Å². The molecule has 0 saturated heterocycles. The molecule has 0 radical (unpaired) electrons. The Morgan fingerprint density at radius 2 is 0.652 bits per heavy atom. The van der Waals surface area contributed by atoms with Crippen LogP contribution in [0.2, 0.25) is 0 Å². The molecule has 0 saturated carbocycles. The van der Waals surface area contributed by atoms with Crippen LogP contribution in [0.4, 0.5) is 17.1 Å². The second kappa shape index (κ2) is 16.2. The summed E-state index contributed by atoms with van der Waals surface area (Å²) < 4.78 is 0. The first kappa shape index (κ1) is 41.1. The Morgan fingerprint density at radius 3 is 0.870 bits per heavy atom. The monoisotopic (exact) mass is 630 g/mol. The molecule has 3 nitrogen and oxygen atoms in total. The molecule has 0 spiro atoms. The number of rotatable bonds is 5. The van der Waals surface area contributed by atoms with Gasteiger partial charge < -0.3 is 14.7 Å². The van der Waals surface area contributed by atoms with E-state index in [1.165, 1.54) is 33.8 Å². The molecule has 46 heavy (non-hydrogen) atoms. The van der Waals surface area contributed by atoms with Crippen LogP contribution in [0.25, 0.3) is 0 Å². The second-order valence-electron chi connectivity index (χ2n) is 17.6. The van der Waals surface area contributed by atoms with Gasteiger partial charge in [-0.3, -0.25) is 0 Å². The highest BCUT2D eigenvalue weighted by atomic mass is 15.2. The molecule has 3 rings (SSSR count). The molecule has 0 aromatic heterocycles. The minimum Gasteiger partial charge on any atom is -0.378 e. The first-order valence-electron chi connectivity index (χ1n) is 17.3. The summed E-state index contributed by atoms with van der Waals surface area (Å²) in [5.74, 6) is 0. The number of hydrogen-bond donors (Lipinski definition) is 0. The molecule has 0 N–H and O–H groups in total. The van der Waals surface area contributed by atoms with E-state index in [4.69, 9.17) is 0 Å². The molecule has 0 fully saturated rings. The van der Waals surface area contributed by atoms with Gasteiger partial charge in [0.15, 0.2) is 0 Å². The van der Waals surface area contributed by atoms with Crippen LogP contribution >= 0.6 is 0 Å². The van der Waals surface area contributed by atoms with Crippen LogP contribution in [0.1, 0.15) is 127 Å². The summed E-state index contributed by atoms with van der Waals surface area (Å²) >= 11 is 0. The summed E-state index contributed by atoms with van der Waals surface area (Å²) in [6, 6.07) is 27.7. The lowest BCUT2D eigenvalue weighted by Crippen LogP contribution is -2.38. The van der Waals surface area contributed by atoms with E-state index in [9.17, 15) is 0 Å². The zero-order valence-corrected chi connectivity index (χ0v) is 33.4. The largest absolute Gasteiger partial charge is 0.378 e. The van der Waals surface area contributed by atoms with E-state index in [-0.39, 0.29) is 21.8 Å². The van der Waals surface area contributed by atoms with Gasteiger partial charge in [0.25, 0.3) is 0 Å². The molecule has 3 aromatic rings. The summed E-state index contributed by atoms with van der Waals surface area (Å²) in [7, 11) is 6.27. The molecular weight excluding hydrogens is 558 g/mol. The van der Waals surface area contributed by atoms with E-state index < -0.39 is 0 Å². The molecule has 0 atom stereocenters. The van der Waals surface area contributed by atoms with Crippen LogP contribution < -0.4 is 14.7 Å². The molecule has 3 heteroatoms. The Kier molecular flexibility index (Phi) is 14.5. The third-order valence-electron chi connectivity index (χ3n) is 8.52. The van der Waals surface area contributed by atoms with Crippen LogP contribution in [-0.2, 0) is 16.2 Å². The fraction of sp³-hybridized carbons (Fsp3) is 0.581. The van der Waals surface area contributed by atoms with Crippen LogP contribution in [0, 0.1) is 0 Å². The van der Waals surface area contributed by atoms with Gasteiger partial charge in [0.2, 0.25) is 0 Å². The molecule has 0 amide bonds. The third kappa shape index (κ3) is 13.0. The lowest BCUT2D eigenvalue weighted by atomic mass is 9.87. The topological polar surface area (TPSA) is 9.72 Å². The molecule has 258 valence electrons. The predicted molar refractivity (Wildman–Crippen MR) is 211 cm³/mol. The number of anilines is 3. The third-order valence-corrected chi connectivity index (χ3v) is 8.52. The normalized spacial score (nSPS) is 12.2. The predicted octanol–water partition coefficient (Wildman–Crippen LogP) is 11.9. The highest BCUT2D eigenvalue weighted by molar-refractivity contribution is 5.51. The fourth-order valence-electron chi connectivity index (χ4n) is 5.16. The summed E-state index contributed by atoms with van der Waals surface area (Å²) in [5, 5.41) is 0. The summed E-state index contributed by atoms with van der Waals surface area (Å²) in [5.41, 5.74) is 8.92. The van der Waals surface area contributed by atoms with E-state index in [0.717, 1.165) is 0 Å². The van der Waals surface area contributed by atoms with E-state index in [0.29, 0.717) is 12.1 Å². The zero-order chi connectivity index (χ0) is 35.8. The van der Waals surface area contributed by atoms with Crippen molar-refractivity contribution in [2.24, 2.45) is 0 Å². The molecule has 0 heterocycles. The van der Waals surface area contributed by atoms with Gasteiger partial charge in [-0.15, -0.1) is 0 Å². The highest BCUT2D eigenvalue weighted by Crippen LogP contribution is 2.28. The zero-order valence-electron chi connectivity index (χ0n) is 33.4. The fourth-order valence-corrected chi connectivity index (χ4v) is 5.16. The lowest BCUT2D eigenvalue weighted by molar-refractivity contribution is 0.538. The second-order valence-corrected chi connectivity index (χ2v) is 17.6. The van der Waals surface area contributed by atoms with Crippen molar-refractivity contribution in [2.45, 2.75) is 145 Å². The minimum absolute atomic E-state index is 0.170. The summed E-state index contributed by atoms with van der Waals surface area (Å²) in [6.07, 6.45) is 0. The molecule has 0 aliphatic rings. The van der Waals surface area contributed by atoms with Crippen LogP contribution in [-0.4, -0.2) is 38.8 Å². The Balaban J connectivity index is 0.000000348. The highest BCUT2D eigenvalue weighted by Gasteiger charge is 2.19. The van der Waals surface area contributed by atoms with Gasteiger partial charge in [0.05, 0.1) is 0 Å². The van der Waals surface area contributed by atoms with Crippen molar-refractivity contribution in [3.8, 4) is 0 Å². The van der Waals surface area contributed by atoms with E-state index in [2.05, 4.69) is 219 Å². The van der Waals surface area contributed by atoms with Crippen molar-refractivity contribution in [3.63, 3.8) is 0 Å². The molecule has 0 aliphatic carbocycles. The Bertz CT molecular complexity index is 1260. The van der Waals surface area contributed by atoms with Gasteiger partial charge in [-0.25, -0.2) is 0 Å². The Labute approximate surface area is 286 Å². The first-order valence-corrected chi connectivity index (χ1v) is 17.3. The standard InChI is InChI=1S/C16H27N.C15H25N.C12H19N/c1-12(2)17(13(3)4)15-10-8-14(9-11-15)16(5,6)7;1-14(2,3)12-8-10-13(11-9-12)16(7)15(4,5)6;1-12(2,3)10-6-8-11(9-7-10)13(4)5/h8-13H,1-7H3;8-11H,1-7H3;6-9H,1-5H3. The maximum Gasteiger partial charge on any atom is 0.0371 e. The van der Waals surface area contributed by atoms with Crippen molar-refractivity contribution in [2.75, 3.05) is 35.8 Å². The van der Waals surface area contributed by atoms with Crippen molar-refractivity contribution in [1.82, 2.24) is 0 Å². The van der Waals surface area contributed by atoms with Crippen LogP contribution in [0.15, 0.2) is 72.8 Å².